The van der Waals surface area contributed by atoms with E-state index in [-0.39, 0.29) is 0 Å². The summed E-state index contributed by atoms with van der Waals surface area (Å²) in [5.74, 6) is 1.27. The van der Waals surface area contributed by atoms with Crippen LogP contribution in [0, 0.1) is 0 Å². The van der Waals surface area contributed by atoms with Crippen LogP contribution < -0.4 is 4.74 Å². The Balaban J connectivity index is 2.11. The molecule has 0 aliphatic heterocycles. The number of nitrogens with zero attached hydrogens (tertiary/aromatic N) is 2. The quantitative estimate of drug-likeness (QED) is 0.592. The Morgan fingerprint density at radius 2 is 1.86 bits per heavy atom. The molecule has 0 atom stereocenters. The topological polar surface area (TPSA) is 35.0 Å². The number of hydrogen-bond donors (Lipinski definition) is 0. The third-order valence-corrected chi connectivity index (χ3v) is 4.33. The van der Waals surface area contributed by atoms with E-state index in [1.165, 1.54) is 6.42 Å². The number of benzene rings is 1. The van der Waals surface area contributed by atoms with Crippen LogP contribution in [0.3, 0.4) is 0 Å². The molecule has 0 fully saturated rings. The molecule has 0 bridgehead atoms. The molecule has 0 radical (unpaired) electrons. The first kappa shape index (κ1) is 14.6. The third-order valence-electron chi connectivity index (χ3n) is 3.79. The molecule has 0 saturated carbocycles. The molecule has 1 aromatic carbocycles. The normalized spacial score (nSPS) is 14.4. The number of rotatable bonds is 2. The molecule has 3 rings (SSSR count). The minimum absolute atomic E-state index is 0.564. The highest BCUT2D eigenvalue weighted by Gasteiger charge is 2.18. The van der Waals surface area contributed by atoms with Crippen LogP contribution in [0.15, 0.2) is 18.2 Å². The molecule has 1 aliphatic carbocycles. The van der Waals surface area contributed by atoms with Crippen LogP contribution in [0.1, 0.15) is 30.5 Å². The molecular weight excluding hydrogens is 307 g/mol. The van der Waals surface area contributed by atoms with E-state index in [0.29, 0.717) is 21.7 Å². The van der Waals surface area contributed by atoms with Gasteiger partial charge in [0, 0.05) is 16.3 Å². The zero-order valence-electron chi connectivity index (χ0n) is 11.8. The van der Waals surface area contributed by atoms with E-state index in [4.69, 9.17) is 32.9 Å². The smallest absolute Gasteiger partial charge is 0.164 e. The molecule has 110 valence electrons. The minimum atomic E-state index is 0.564. The van der Waals surface area contributed by atoms with E-state index in [9.17, 15) is 0 Å². The molecule has 0 saturated heterocycles. The van der Waals surface area contributed by atoms with Gasteiger partial charge in [0.1, 0.15) is 10.9 Å². The zero-order valence-corrected chi connectivity index (χ0v) is 13.3. The number of methoxy groups -OCH3 is 1. The van der Waals surface area contributed by atoms with Gasteiger partial charge in [0.2, 0.25) is 0 Å². The first-order chi connectivity index (χ1) is 10.2. The molecule has 21 heavy (non-hydrogen) atoms. The molecule has 0 amide bonds. The maximum atomic E-state index is 6.38. The fourth-order valence-electron chi connectivity index (χ4n) is 2.70. The molecule has 1 aromatic heterocycles. The highest BCUT2D eigenvalue weighted by molar-refractivity contribution is 6.31. The number of fused-ring (bicyclic) bond motifs is 1. The average Bonchev–Trinajstić information content (AvgIpc) is 2.72. The Morgan fingerprint density at radius 1 is 1.05 bits per heavy atom. The van der Waals surface area contributed by atoms with Crippen molar-refractivity contribution < 1.29 is 4.74 Å². The molecule has 2 aromatic rings. The lowest BCUT2D eigenvalue weighted by atomic mass is 10.1. The predicted octanol–water partition coefficient (Wildman–Crippen LogP) is 4.73. The van der Waals surface area contributed by atoms with Crippen molar-refractivity contribution in [2.75, 3.05) is 7.11 Å². The average molecular weight is 323 g/mol. The molecule has 0 N–H and O–H groups in total. The first-order valence-electron chi connectivity index (χ1n) is 7.08. The van der Waals surface area contributed by atoms with E-state index in [1.807, 2.05) is 12.1 Å². The second-order valence-electron chi connectivity index (χ2n) is 5.17. The number of aryl methyl sites for hydroxylation is 1. The zero-order chi connectivity index (χ0) is 14.8. The Bertz CT molecular complexity index is 674. The van der Waals surface area contributed by atoms with Crippen LogP contribution in [0.2, 0.25) is 10.2 Å². The Labute approximate surface area is 134 Å². The van der Waals surface area contributed by atoms with Crippen LogP contribution in [0.4, 0.5) is 0 Å². The van der Waals surface area contributed by atoms with Crippen molar-refractivity contribution in [1.82, 2.24) is 9.97 Å². The second kappa shape index (κ2) is 6.20. The summed E-state index contributed by atoms with van der Waals surface area (Å²) in [6, 6.07) is 5.44. The van der Waals surface area contributed by atoms with Crippen LogP contribution in [-0.4, -0.2) is 17.1 Å². The van der Waals surface area contributed by atoms with Gasteiger partial charge < -0.3 is 4.74 Å². The van der Waals surface area contributed by atoms with E-state index < -0.39 is 0 Å². The summed E-state index contributed by atoms with van der Waals surface area (Å²) in [5.41, 5.74) is 2.99. The predicted molar refractivity (Wildman–Crippen MR) is 85.3 cm³/mol. The summed E-state index contributed by atoms with van der Waals surface area (Å²) in [6.45, 7) is 0. The van der Waals surface area contributed by atoms with Gasteiger partial charge in [-0.05, 0) is 43.9 Å². The van der Waals surface area contributed by atoms with Crippen molar-refractivity contribution in [2.45, 2.75) is 32.1 Å². The summed E-state index contributed by atoms with van der Waals surface area (Å²) in [7, 11) is 1.61. The van der Waals surface area contributed by atoms with Crippen LogP contribution in [0.5, 0.6) is 5.75 Å². The van der Waals surface area contributed by atoms with Gasteiger partial charge >= 0.3 is 0 Å². The van der Waals surface area contributed by atoms with Crippen molar-refractivity contribution in [3.63, 3.8) is 0 Å². The van der Waals surface area contributed by atoms with E-state index >= 15 is 0 Å². The highest BCUT2D eigenvalue weighted by Crippen LogP contribution is 2.33. The van der Waals surface area contributed by atoms with Gasteiger partial charge in [0.25, 0.3) is 0 Å². The summed E-state index contributed by atoms with van der Waals surface area (Å²) in [5, 5.41) is 1.19. The summed E-state index contributed by atoms with van der Waals surface area (Å²) in [6.07, 6.45) is 5.44. The van der Waals surface area contributed by atoms with E-state index in [0.717, 1.165) is 42.5 Å². The molecule has 1 heterocycles. The van der Waals surface area contributed by atoms with Gasteiger partial charge in [0.05, 0.1) is 12.7 Å². The fourth-order valence-corrected chi connectivity index (χ4v) is 3.14. The Morgan fingerprint density at radius 3 is 2.67 bits per heavy atom. The maximum absolute atomic E-state index is 6.38. The van der Waals surface area contributed by atoms with Crippen LogP contribution in [-0.2, 0) is 12.8 Å². The largest absolute Gasteiger partial charge is 0.496 e. The van der Waals surface area contributed by atoms with Crippen molar-refractivity contribution >= 4 is 23.2 Å². The molecule has 1 aliphatic rings. The van der Waals surface area contributed by atoms with Gasteiger partial charge in [-0.1, -0.05) is 29.6 Å². The van der Waals surface area contributed by atoms with E-state index in [2.05, 4.69) is 4.98 Å². The lowest BCUT2D eigenvalue weighted by molar-refractivity contribution is 0.416. The van der Waals surface area contributed by atoms with Crippen LogP contribution in [0.25, 0.3) is 11.4 Å². The van der Waals surface area contributed by atoms with Gasteiger partial charge in [-0.3, -0.25) is 0 Å². The first-order valence-corrected chi connectivity index (χ1v) is 7.84. The molecule has 0 unspecified atom stereocenters. The number of hydrogen-bond acceptors (Lipinski definition) is 3. The van der Waals surface area contributed by atoms with Gasteiger partial charge in [-0.15, -0.1) is 0 Å². The molecule has 3 nitrogen and oxygen atoms in total. The number of ether oxygens (including phenoxy) is 1. The van der Waals surface area contributed by atoms with Gasteiger partial charge in [0.15, 0.2) is 5.82 Å². The summed E-state index contributed by atoms with van der Waals surface area (Å²) in [4.78, 5) is 9.19. The lowest BCUT2D eigenvalue weighted by Gasteiger charge is -2.12. The van der Waals surface area contributed by atoms with Gasteiger partial charge in [-0.2, -0.15) is 0 Å². The summed E-state index contributed by atoms with van der Waals surface area (Å²) >= 11 is 12.4. The standard InChI is InChI=1S/C16H16Cl2N2O/c1-21-14-9-10(17)7-8-12(14)16-19-13-6-4-2-3-5-11(13)15(18)20-16/h7-9H,2-6H2,1H3. The summed E-state index contributed by atoms with van der Waals surface area (Å²) < 4.78 is 5.38. The second-order valence-corrected chi connectivity index (χ2v) is 5.96. The van der Waals surface area contributed by atoms with Crippen molar-refractivity contribution in [2.24, 2.45) is 0 Å². The van der Waals surface area contributed by atoms with Crippen LogP contribution >= 0.6 is 23.2 Å². The minimum Gasteiger partial charge on any atom is -0.496 e. The van der Waals surface area contributed by atoms with Crippen molar-refractivity contribution in [3.8, 4) is 17.1 Å². The van der Waals surface area contributed by atoms with Crippen molar-refractivity contribution in [1.29, 1.82) is 0 Å². The maximum Gasteiger partial charge on any atom is 0.164 e. The number of halogens is 2. The molecular formula is C16H16Cl2N2O. The fraction of sp³-hybridized carbons (Fsp3) is 0.375. The SMILES string of the molecule is COc1cc(Cl)ccc1-c1nc(Cl)c2c(n1)CCCCC2. The molecule has 0 spiro atoms. The molecule has 5 heteroatoms. The monoisotopic (exact) mass is 322 g/mol. The lowest BCUT2D eigenvalue weighted by Crippen LogP contribution is -2.03. The Hall–Kier alpha value is -1.32. The highest BCUT2D eigenvalue weighted by atomic mass is 35.5. The number of aromatic nitrogens is 2. The van der Waals surface area contributed by atoms with E-state index in [1.54, 1.807) is 13.2 Å². The van der Waals surface area contributed by atoms with Crippen molar-refractivity contribution in [3.05, 3.63) is 39.6 Å². The van der Waals surface area contributed by atoms with Gasteiger partial charge in [-0.25, -0.2) is 9.97 Å². The Kier molecular flexibility index (Phi) is 4.32. The third kappa shape index (κ3) is 2.99.